The van der Waals surface area contributed by atoms with Crippen LogP contribution in [-0.2, 0) is 25.7 Å². The molecular formula is C17H23N3O4S2. The van der Waals surface area contributed by atoms with Crippen LogP contribution in [0.25, 0.3) is 0 Å². The summed E-state index contributed by atoms with van der Waals surface area (Å²) in [4.78, 5) is 17.3. The first kappa shape index (κ1) is 20.5. The van der Waals surface area contributed by atoms with E-state index < -0.39 is 22.8 Å². The van der Waals surface area contributed by atoms with E-state index in [1.807, 2.05) is 13.8 Å². The van der Waals surface area contributed by atoms with Gasteiger partial charge >= 0.3 is 10.3 Å². The lowest BCUT2D eigenvalue weighted by atomic mass is 10.1. The van der Waals surface area contributed by atoms with E-state index in [-0.39, 0.29) is 6.54 Å². The molecule has 7 nitrogen and oxygen atoms in total. The van der Waals surface area contributed by atoms with E-state index in [0.717, 1.165) is 26.9 Å². The van der Waals surface area contributed by atoms with Gasteiger partial charge in [0.25, 0.3) is 5.91 Å². The zero-order valence-corrected chi connectivity index (χ0v) is 16.9. The zero-order chi connectivity index (χ0) is 19.3. The van der Waals surface area contributed by atoms with Crippen LogP contribution in [0.3, 0.4) is 0 Å². The summed E-state index contributed by atoms with van der Waals surface area (Å²) in [6, 6.07) is 8.24. The zero-order valence-electron chi connectivity index (χ0n) is 15.3. The van der Waals surface area contributed by atoms with Crippen LogP contribution in [0.15, 0.2) is 24.3 Å². The van der Waals surface area contributed by atoms with Gasteiger partial charge in [0.15, 0.2) is 5.13 Å². The summed E-state index contributed by atoms with van der Waals surface area (Å²) in [5.74, 6) is -0.561. The molecule has 26 heavy (non-hydrogen) atoms. The Morgan fingerprint density at radius 2 is 1.92 bits per heavy atom. The molecule has 0 atom stereocenters. The Morgan fingerprint density at radius 3 is 2.54 bits per heavy atom. The highest BCUT2D eigenvalue weighted by atomic mass is 32.2. The van der Waals surface area contributed by atoms with E-state index in [4.69, 9.17) is 4.18 Å². The van der Waals surface area contributed by atoms with E-state index in [2.05, 4.69) is 34.6 Å². The number of carbonyl (C=O) groups excluding carboxylic acids is 1. The van der Waals surface area contributed by atoms with Crippen LogP contribution in [0.4, 0.5) is 5.13 Å². The Balaban J connectivity index is 1.96. The van der Waals surface area contributed by atoms with Crippen LogP contribution in [0, 0.1) is 13.8 Å². The smallest absolute Gasteiger partial charge is 0.300 e. The molecule has 0 bridgehead atoms. The number of thiazole rings is 1. The molecule has 0 aliphatic carbocycles. The second-order valence-corrected chi connectivity index (χ2v) is 8.67. The van der Waals surface area contributed by atoms with E-state index in [1.54, 1.807) is 6.92 Å². The molecule has 9 heteroatoms. The van der Waals surface area contributed by atoms with Crippen molar-refractivity contribution >= 4 is 32.7 Å². The number of aryl methyl sites for hydroxylation is 2. The van der Waals surface area contributed by atoms with Gasteiger partial charge in [-0.3, -0.25) is 10.1 Å². The van der Waals surface area contributed by atoms with Crippen molar-refractivity contribution in [2.24, 2.45) is 0 Å². The predicted molar refractivity (Wildman–Crippen MR) is 103 cm³/mol. The molecule has 0 unspecified atom stereocenters. The second-order valence-electron chi connectivity index (χ2n) is 5.87. The fourth-order valence-electron chi connectivity index (χ4n) is 2.07. The predicted octanol–water partition coefficient (Wildman–Crippen LogP) is 2.50. The Kier molecular flexibility index (Phi) is 6.87. The van der Waals surface area contributed by atoms with Gasteiger partial charge in [0.1, 0.15) is 6.61 Å². The number of nitrogens with one attached hydrogen (secondary N) is 1. The van der Waals surface area contributed by atoms with Gasteiger partial charge in [-0.05, 0) is 19.4 Å². The van der Waals surface area contributed by atoms with Crippen LogP contribution in [0.5, 0.6) is 0 Å². The molecule has 1 aromatic carbocycles. The van der Waals surface area contributed by atoms with Gasteiger partial charge in [-0.2, -0.15) is 12.7 Å². The highest BCUT2D eigenvalue weighted by Crippen LogP contribution is 2.25. The summed E-state index contributed by atoms with van der Waals surface area (Å²) in [7, 11) is -2.51. The molecule has 142 valence electrons. The number of rotatable bonds is 8. The average molecular weight is 398 g/mol. The fourth-order valence-corrected chi connectivity index (χ4v) is 3.83. The summed E-state index contributed by atoms with van der Waals surface area (Å²) in [6.07, 6.45) is 0.728. The molecule has 2 aromatic rings. The molecule has 0 radical (unpaired) electrons. The lowest BCUT2D eigenvalue weighted by molar-refractivity contribution is -0.118. The van der Waals surface area contributed by atoms with E-state index in [0.29, 0.717) is 5.13 Å². The third-order valence-corrected chi connectivity index (χ3v) is 6.30. The van der Waals surface area contributed by atoms with Crippen molar-refractivity contribution in [1.29, 1.82) is 0 Å². The standard InChI is InChI=1S/C17H23N3O4S2/c1-5-20(4)26(22,23)24-11-16(21)19-17-18-13(3)15(25-17)10-14-8-6-12(2)7-9-14/h6-9H,5,10-11H2,1-4H3,(H,18,19,21). The molecule has 1 N–H and O–H groups in total. The number of nitrogens with zero attached hydrogens (tertiary/aromatic N) is 2. The minimum absolute atomic E-state index is 0.262. The maximum atomic E-state index is 11.9. The molecular weight excluding hydrogens is 374 g/mol. The lowest BCUT2D eigenvalue weighted by Crippen LogP contribution is -2.31. The SMILES string of the molecule is CCN(C)S(=O)(=O)OCC(=O)Nc1nc(C)c(Cc2ccc(C)cc2)s1. The fraction of sp³-hybridized carbons (Fsp3) is 0.412. The van der Waals surface area contributed by atoms with Gasteiger partial charge in [0, 0.05) is 24.9 Å². The number of anilines is 1. The third kappa shape index (κ3) is 5.60. The Bertz CT molecular complexity index is 861. The van der Waals surface area contributed by atoms with E-state index >= 15 is 0 Å². The average Bonchev–Trinajstić information content (AvgIpc) is 2.93. The van der Waals surface area contributed by atoms with Crippen molar-refractivity contribution in [1.82, 2.24) is 9.29 Å². The number of benzene rings is 1. The summed E-state index contributed by atoms with van der Waals surface area (Å²) >= 11 is 1.37. The maximum absolute atomic E-state index is 11.9. The largest absolute Gasteiger partial charge is 0.338 e. The van der Waals surface area contributed by atoms with Crippen molar-refractivity contribution in [3.63, 3.8) is 0 Å². The Labute approximate surface area is 158 Å². The molecule has 1 aromatic heterocycles. The number of hydrogen-bond acceptors (Lipinski definition) is 6. The molecule has 0 saturated heterocycles. The summed E-state index contributed by atoms with van der Waals surface area (Å²) in [5, 5.41) is 3.02. The van der Waals surface area contributed by atoms with Crippen molar-refractivity contribution in [3.05, 3.63) is 46.0 Å². The summed E-state index contributed by atoms with van der Waals surface area (Å²) in [6.45, 7) is 5.27. The molecule has 0 aliphatic rings. The normalized spacial score (nSPS) is 11.7. The number of amides is 1. The molecule has 0 aliphatic heterocycles. The minimum Gasteiger partial charge on any atom is -0.300 e. The third-order valence-electron chi connectivity index (χ3n) is 3.79. The van der Waals surface area contributed by atoms with Crippen molar-refractivity contribution in [2.75, 3.05) is 25.5 Å². The van der Waals surface area contributed by atoms with Crippen LogP contribution < -0.4 is 5.32 Å². The second kappa shape index (κ2) is 8.72. The van der Waals surface area contributed by atoms with Crippen molar-refractivity contribution in [3.8, 4) is 0 Å². The van der Waals surface area contributed by atoms with Crippen LogP contribution in [0.1, 0.15) is 28.6 Å². The molecule has 0 spiro atoms. The summed E-state index contributed by atoms with van der Waals surface area (Å²) < 4.78 is 29.2. The molecule has 1 amide bonds. The monoisotopic (exact) mass is 397 g/mol. The number of hydrogen-bond donors (Lipinski definition) is 1. The van der Waals surface area contributed by atoms with Crippen molar-refractivity contribution < 1.29 is 17.4 Å². The van der Waals surface area contributed by atoms with Crippen molar-refractivity contribution in [2.45, 2.75) is 27.2 Å². The first-order chi connectivity index (χ1) is 12.2. The highest BCUT2D eigenvalue weighted by Gasteiger charge is 2.19. The van der Waals surface area contributed by atoms with E-state index in [1.165, 1.54) is 23.9 Å². The van der Waals surface area contributed by atoms with Gasteiger partial charge in [0.2, 0.25) is 0 Å². The molecule has 0 fully saturated rings. The molecule has 2 rings (SSSR count). The first-order valence-corrected chi connectivity index (χ1v) is 10.3. The number of carbonyl (C=O) groups is 1. The van der Waals surface area contributed by atoms with Gasteiger partial charge in [0.05, 0.1) is 5.69 Å². The minimum atomic E-state index is -3.89. The van der Waals surface area contributed by atoms with Gasteiger partial charge in [-0.15, -0.1) is 11.3 Å². The van der Waals surface area contributed by atoms with Crippen LogP contribution in [0.2, 0.25) is 0 Å². The maximum Gasteiger partial charge on any atom is 0.338 e. The lowest BCUT2D eigenvalue weighted by Gasteiger charge is -2.13. The Morgan fingerprint density at radius 1 is 1.27 bits per heavy atom. The molecule has 0 saturated carbocycles. The summed E-state index contributed by atoms with van der Waals surface area (Å²) in [5.41, 5.74) is 3.20. The topological polar surface area (TPSA) is 88.6 Å². The van der Waals surface area contributed by atoms with Gasteiger partial charge in [-0.1, -0.05) is 36.8 Å². The first-order valence-electron chi connectivity index (χ1n) is 8.13. The van der Waals surface area contributed by atoms with Gasteiger partial charge in [-0.25, -0.2) is 9.17 Å². The molecule has 1 heterocycles. The highest BCUT2D eigenvalue weighted by molar-refractivity contribution is 7.84. The number of aromatic nitrogens is 1. The van der Waals surface area contributed by atoms with Crippen LogP contribution in [-0.4, -0.2) is 43.8 Å². The van der Waals surface area contributed by atoms with Crippen LogP contribution >= 0.6 is 11.3 Å². The van der Waals surface area contributed by atoms with E-state index in [9.17, 15) is 13.2 Å². The quantitative estimate of drug-likeness (QED) is 0.739. The van der Waals surface area contributed by atoms with Gasteiger partial charge < -0.3 is 0 Å². The Hall–Kier alpha value is -1.81.